The highest BCUT2D eigenvalue weighted by Crippen LogP contribution is 2.43. The number of fused-ring (bicyclic) bond motifs is 15. The molecule has 5 nitrogen and oxygen atoms in total. The number of thiophene rings is 1. The molecule has 12 rings (SSSR count). The van der Waals surface area contributed by atoms with Crippen LogP contribution in [0, 0.1) is 0 Å². The van der Waals surface area contributed by atoms with Gasteiger partial charge in [0.2, 0.25) is 0 Å². The molecule has 2 aromatic heterocycles. The number of hydrogen-bond donors (Lipinski definition) is 0. The van der Waals surface area contributed by atoms with Gasteiger partial charge in [-0.2, -0.15) is 0 Å². The standard InChI is InChI=1S/C38H18B2O5S/c1-3-9-22-19(7-1)31-23(41-22)17-18-28-34(31)39-21-15-16-29-35(37(21)45-26-12-5-10-24(42-28)32(26)39)40-33-25(43-29)11-6-13-27(33)44-36-20-8-2-4-14-30(20)46-38(36)40/h1-18H. The topological polar surface area (TPSA) is 50.1 Å². The Hall–Kier alpha value is -5.59. The number of rotatable bonds is 0. The Morgan fingerprint density at radius 3 is 1.89 bits per heavy atom. The summed E-state index contributed by atoms with van der Waals surface area (Å²) in [6, 6.07) is 37.2. The van der Waals surface area contributed by atoms with E-state index in [0.717, 1.165) is 105 Å². The van der Waals surface area contributed by atoms with Crippen molar-refractivity contribution in [3.63, 3.8) is 0 Å². The Labute approximate surface area is 266 Å². The van der Waals surface area contributed by atoms with Gasteiger partial charge in [0.1, 0.15) is 57.2 Å². The summed E-state index contributed by atoms with van der Waals surface area (Å²) in [6.07, 6.45) is 0. The van der Waals surface area contributed by atoms with Crippen LogP contribution in [0.4, 0.5) is 0 Å². The molecule has 0 radical (unpaired) electrons. The molecule has 0 saturated carbocycles. The van der Waals surface area contributed by atoms with Crippen molar-refractivity contribution in [3.8, 4) is 46.0 Å². The summed E-state index contributed by atoms with van der Waals surface area (Å²) in [6.45, 7) is -0.243. The Bertz CT molecular complexity index is 2690. The van der Waals surface area contributed by atoms with Crippen LogP contribution in [0.25, 0.3) is 32.0 Å². The lowest BCUT2D eigenvalue weighted by molar-refractivity contribution is 0.454. The molecule has 8 aromatic rings. The van der Waals surface area contributed by atoms with Crippen molar-refractivity contribution in [1.29, 1.82) is 0 Å². The Balaban J connectivity index is 1.18. The number of benzene rings is 6. The molecule has 0 spiro atoms. The van der Waals surface area contributed by atoms with Crippen molar-refractivity contribution in [2.45, 2.75) is 0 Å². The summed E-state index contributed by atoms with van der Waals surface area (Å²) >= 11 is 1.78. The Kier molecular flexibility index (Phi) is 4.21. The molecule has 4 aliphatic rings. The van der Waals surface area contributed by atoms with Gasteiger partial charge in [-0.15, -0.1) is 11.3 Å². The van der Waals surface area contributed by atoms with Gasteiger partial charge in [-0.3, -0.25) is 0 Å². The van der Waals surface area contributed by atoms with Crippen LogP contribution in [-0.4, -0.2) is 13.4 Å². The average Bonchev–Trinajstić information content (AvgIpc) is 3.66. The van der Waals surface area contributed by atoms with Crippen LogP contribution in [-0.2, 0) is 0 Å². The van der Waals surface area contributed by atoms with Gasteiger partial charge in [0.05, 0.1) is 0 Å². The summed E-state index contributed by atoms with van der Waals surface area (Å²) in [4.78, 5) is 0. The molecule has 46 heavy (non-hydrogen) atoms. The summed E-state index contributed by atoms with van der Waals surface area (Å²) in [5.41, 5.74) is 6.99. The van der Waals surface area contributed by atoms with Crippen molar-refractivity contribution < 1.29 is 23.4 Å². The third-order valence-electron chi connectivity index (χ3n) is 9.95. The molecule has 0 N–H and O–H groups in total. The highest BCUT2D eigenvalue weighted by Gasteiger charge is 2.48. The summed E-state index contributed by atoms with van der Waals surface area (Å²) in [7, 11) is 0. The number of furan rings is 1. The molecule has 6 heterocycles. The molecular formula is C38H18B2O5S. The summed E-state index contributed by atoms with van der Waals surface area (Å²) in [5.74, 6) is 6.64. The first-order valence-corrected chi connectivity index (χ1v) is 16.2. The Morgan fingerprint density at radius 1 is 0.435 bits per heavy atom. The molecule has 212 valence electrons. The molecule has 0 fully saturated rings. The highest BCUT2D eigenvalue weighted by molar-refractivity contribution is 7.33. The minimum Gasteiger partial charge on any atom is -0.459 e. The van der Waals surface area contributed by atoms with E-state index in [1.807, 2.05) is 60.7 Å². The molecule has 8 heteroatoms. The zero-order valence-corrected chi connectivity index (χ0v) is 24.8. The van der Waals surface area contributed by atoms with E-state index < -0.39 is 0 Å². The first-order chi connectivity index (χ1) is 22.8. The first kappa shape index (κ1) is 23.7. The van der Waals surface area contributed by atoms with E-state index in [1.54, 1.807) is 11.3 Å². The minimum atomic E-state index is -0.132. The third kappa shape index (κ3) is 2.81. The normalized spacial score (nSPS) is 14.3. The fourth-order valence-electron chi connectivity index (χ4n) is 8.13. The Morgan fingerprint density at radius 2 is 1.07 bits per heavy atom. The van der Waals surface area contributed by atoms with Crippen LogP contribution >= 0.6 is 11.3 Å². The highest BCUT2D eigenvalue weighted by atomic mass is 32.1. The largest absolute Gasteiger partial charge is 0.459 e. The van der Waals surface area contributed by atoms with Gasteiger partial charge < -0.3 is 23.4 Å². The van der Waals surface area contributed by atoms with Crippen LogP contribution in [0.5, 0.6) is 46.0 Å². The van der Waals surface area contributed by atoms with E-state index in [2.05, 4.69) is 48.5 Å². The van der Waals surface area contributed by atoms with Gasteiger partial charge in [-0.05, 0) is 71.6 Å². The lowest BCUT2D eigenvalue weighted by atomic mass is 9.32. The zero-order chi connectivity index (χ0) is 29.7. The van der Waals surface area contributed by atoms with Gasteiger partial charge >= 0.3 is 0 Å². The van der Waals surface area contributed by atoms with Gasteiger partial charge in [-0.1, -0.05) is 48.5 Å². The molecule has 0 atom stereocenters. The number of hydrogen-bond acceptors (Lipinski definition) is 6. The molecule has 6 aromatic carbocycles. The zero-order valence-electron chi connectivity index (χ0n) is 24.0. The smallest absolute Gasteiger partial charge is 0.278 e. The van der Waals surface area contributed by atoms with Gasteiger partial charge in [0.25, 0.3) is 13.4 Å². The predicted molar refractivity (Wildman–Crippen MR) is 184 cm³/mol. The fraction of sp³-hybridized carbons (Fsp3) is 0. The predicted octanol–water partition coefficient (Wildman–Crippen LogP) is 6.26. The van der Waals surface area contributed by atoms with Crippen LogP contribution in [0.1, 0.15) is 0 Å². The van der Waals surface area contributed by atoms with E-state index in [-0.39, 0.29) is 13.4 Å². The van der Waals surface area contributed by atoms with Crippen LogP contribution in [0.15, 0.2) is 114 Å². The molecule has 0 saturated heterocycles. The van der Waals surface area contributed by atoms with Crippen LogP contribution in [0.3, 0.4) is 0 Å². The van der Waals surface area contributed by atoms with E-state index in [1.165, 1.54) is 4.70 Å². The van der Waals surface area contributed by atoms with Crippen molar-refractivity contribution in [2.75, 3.05) is 0 Å². The molecule has 0 aliphatic carbocycles. The van der Waals surface area contributed by atoms with E-state index >= 15 is 0 Å². The second-order valence-electron chi connectivity index (χ2n) is 12.2. The lowest BCUT2D eigenvalue weighted by Crippen LogP contribution is -2.62. The molecular weight excluding hydrogens is 590 g/mol. The molecule has 4 aliphatic heterocycles. The number of ether oxygens (including phenoxy) is 4. The van der Waals surface area contributed by atoms with Gasteiger partial charge in [0.15, 0.2) is 0 Å². The van der Waals surface area contributed by atoms with E-state index in [4.69, 9.17) is 23.4 Å². The van der Waals surface area contributed by atoms with Gasteiger partial charge in [0, 0.05) is 42.0 Å². The van der Waals surface area contributed by atoms with Crippen molar-refractivity contribution in [1.82, 2.24) is 0 Å². The van der Waals surface area contributed by atoms with Crippen molar-refractivity contribution in [3.05, 3.63) is 109 Å². The molecule has 0 bridgehead atoms. The lowest BCUT2D eigenvalue weighted by Gasteiger charge is -2.37. The second kappa shape index (κ2) is 8.16. The van der Waals surface area contributed by atoms with Gasteiger partial charge in [-0.25, -0.2) is 0 Å². The minimum absolute atomic E-state index is 0.111. The summed E-state index contributed by atoms with van der Waals surface area (Å²) < 4.78 is 35.7. The maximum Gasteiger partial charge on any atom is 0.278 e. The average molecular weight is 608 g/mol. The number of para-hydroxylation sites is 1. The van der Waals surface area contributed by atoms with Crippen molar-refractivity contribution >= 4 is 88.9 Å². The monoisotopic (exact) mass is 608 g/mol. The van der Waals surface area contributed by atoms with Crippen LogP contribution < -0.4 is 51.0 Å². The van der Waals surface area contributed by atoms with Crippen molar-refractivity contribution in [2.24, 2.45) is 0 Å². The fourth-order valence-corrected chi connectivity index (χ4v) is 9.38. The maximum absolute atomic E-state index is 7.00. The van der Waals surface area contributed by atoms with Crippen LogP contribution in [0.2, 0.25) is 0 Å². The molecule has 0 amide bonds. The van der Waals surface area contributed by atoms with E-state index in [0.29, 0.717) is 0 Å². The first-order valence-electron chi connectivity index (χ1n) is 15.4. The van der Waals surface area contributed by atoms with E-state index in [9.17, 15) is 0 Å². The second-order valence-corrected chi connectivity index (χ2v) is 13.3. The summed E-state index contributed by atoms with van der Waals surface area (Å²) in [5, 5.41) is 3.27. The SMILES string of the molecule is c1cc2c3c(c1)Oc1c(sc4ccccc14)B3c1c(ccc3c1Oc1cccc4c1B3c1c(ccc3oc5ccccc5c13)O4)O2. The maximum atomic E-state index is 7.00. The third-order valence-corrected chi connectivity index (χ3v) is 11.2. The molecule has 0 unspecified atom stereocenters. The quantitative estimate of drug-likeness (QED) is 0.191.